The van der Waals surface area contributed by atoms with Crippen LogP contribution in [0.2, 0.25) is 0 Å². The van der Waals surface area contributed by atoms with E-state index in [2.05, 4.69) is 15.9 Å². The van der Waals surface area contributed by atoms with E-state index in [1.54, 1.807) is 6.92 Å². The van der Waals surface area contributed by atoms with E-state index in [-0.39, 0.29) is 4.90 Å². The monoisotopic (exact) mass is 349 g/mol. The second-order valence-electron chi connectivity index (χ2n) is 4.94. The highest BCUT2D eigenvalue weighted by atomic mass is 79.9. The molecule has 0 spiro atoms. The van der Waals surface area contributed by atoms with Crippen LogP contribution in [0.5, 0.6) is 0 Å². The van der Waals surface area contributed by atoms with Crippen molar-refractivity contribution in [2.45, 2.75) is 24.7 Å². The van der Waals surface area contributed by atoms with Crippen LogP contribution in [0.15, 0.2) is 23.1 Å². The van der Waals surface area contributed by atoms with Crippen molar-refractivity contribution in [3.8, 4) is 0 Å². The molecule has 0 N–H and O–H groups in total. The van der Waals surface area contributed by atoms with E-state index in [0.29, 0.717) is 24.6 Å². The Kier molecular flexibility index (Phi) is 4.63. The molecule has 0 amide bonds. The summed E-state index contributed by atoms with van der Waals surface area (Å²) in [5.41, 5.74) is 0.459. The van der Waals surface area contributed by atoms with Gasteiger partial charge in [-0.2, -0.15) is 4.31 Å². The molecule has 0 bridgehead atoms. The van der Waals surface area contributed by atoms with Gasteiger partial charge in [0.05, 0.1) is 4.90 Å². The number of nitrogens with zero attached hydrogens (tertiary/aromatic N) is 1. The summed E-state index contributed by atoms with van der Waals surface area (Å²) in [5, 5.41) is 0.807. The molecule has 1 fully saturated rings. The minimum absolute atomic E-state index is 0.212. The Morgan fingerprint density at radius 3 is 2.84 bits per heavy atom. The lowest BCUT2D eigenvalue weighted by molar-refractivity contribution is 0.285. The lowest BCUT2D eigenvalue weighted by Crippen LogP contribution is -2.40. The van der Waals surface area contributed by atoms with Gasteiger partial charge in [0.2, 0.25) is 10.0 Å². The molecule has 0 aliphatic carbocycles. The average Bonchev–Trinajstić information content (AvgIpc) is 2.38. The van der Waals surface area contributed by atoms with E-state index in [1.165, 1.54) is 22.5 Å². The van der Waals surface area contributed by atoms with Crippen LogP contribution in [-0.4, -0.2) is 31.1 Å². The number of piperidine rings is 1. The van der Waals surface area contributed by atoms with E-state index in [0.717, 1.165) is 18.2 Å². The van der Waals surface area contributed by atoms with Crippen molar-refractivity contribution >= 4 is 26.0 Å². The fourth-order valence-electron chi connectivity index (χ4n) is 2.41. The number of hydrogen-bond acceptors (Lipinski definition) is 2. The van der Waals surface area contributed by atoms with Crippen LogP contribution in [-0.2, 0) is 10.0 Å². The van der Waals surface area contributed by atoms with Crippen molar-refractivity contribution in [3.05, 3.63) is 29.6 Å². The predicted molar refractivity (Wildman–Crippen MR) is 76.4 cm³/mol. The van der Waals surface area contributed by atoms with Crippen LogP contribution in [0, 0.1) is 18.7 Å². The molecule has 0 radical (unpaired) electrons. The predicted octanol–water partition coefficient (Wildman–Crippen LogP) is 2.93. The summed E-state index contributed by atoms with van der Waals surface area (Å²) >= 11 is 3.41. The first-order valence-electron chi connectivity index (χ1n) is 6.27. The molecule has 1 aliphatic heterocycles. The van der Waals surface area contributed by atoms with E-state index < -0.39 is 15.8 Å². The Labute approximate surface area is 122 Å². The van der Waals surface area contributed by atoms with Gasteiger partial charge in [-0.25, -0.2) is 12.8 Å². The Hall–Kier alpha value is -0.460. The standard InChI is InChI=1S/C13H17BrFNO2S/c1-10-7-12(15)4-5-13(10)19(17,18)16-6-2-3-11(8-14)9-16/h4-5,7,11H,2-3,6,8-9H2,1H3. The Bertz CT molecular complexity index is 562. The zero-order valence-electron chi connectivity index (χ0n) is 10.8. The molecule has 1 aromatic carbocycles. The molecular weight excluding hydrogens is 333 g/mol. The molecule has 2 rings (SSSR count). The lowest BCUT2D eigenvalue weighted by Gasteiger charge is -2.31. The summed E-state index contributed by atoms with van der Waals surface area (Å²) in [6.07, 6.45) is 1.91. The second-order valence-corrected chi connectivity index (χ2v) is 7.49. The summed E-state index contributed by atoms with van der Waals surface area (Å²) in [6, 6.07) is 3.82. The average molecular weight is 350 g/mol. The number of alkyl halides is 1. The molecular formula is C13H17BrFNO2S. The Morgan fingerprint density at radius 1 is 1.47 bits per heavy atom. The summed E-state index contributed by atoms with van der Waals surface area (Å²) in [7, 11) is -3.51. The lowest BCUT2D eigenvalue weighted by atomic mass is 10.0. The van der Waals surface area contributed by atoms with E-state index in [9.17, 15) is 12.8 Å². The third kappa shape index (κ3) is 3.17. The molecule has 1 unspecified atom stereocenters. The molecule has 6 heteroatoms. The smallest absolute Gasteiger partial charge is 0.207 e. The molecule has 106 valence electrons. The van der Waals surface area contributed by atoms with Crippen LogP contribution >= 0.6 is 15.9 Å². The van der Waals surface area contributed by atoms with Crippen molar-refractivity contribution < 1.29 is 12.8 Å². The molecule has 1 atom stereocenters. The van der Waals surface area contributed by atoms with Crippen molar-refractivity contribution in [2.24, 2.45) is 5.92 Å². The Morgan fingerprint density at radius 2 is 2.21 bits per heavy atom. The molecule has 0 saturated carbocycles. The first kappa shape index (κ1) is 14.9. The van der Waals surface area contributed by atoms with Crippen molar-refractivity contribution in [2.75, 3.05) is 18.4 Å². The first-order valence-corrected chi connectivity index (χ1v) is 8.83. The highest BCUT2D eigenvalue weighted by Crippen LogP contribution is 2.26. The van der Waals surface area contributed by atoms with Gasteiger partial charge in [-0.05, 0) is 49.4 Å². The van der Waals surface area contributed by atoms with Crippen molar-refractivity contribution in [1.29, 1.82) is 0 Å². The van der Waals surface area contributed by atoms with Gasteiger partial charge in [0, 0.05) is 18.4 Å². The third-order valence-electron chi connectivity index (χ3n) is 3.45. The van der Waals surface area contributed by atoms with Crippen LogP contribution in [0.1, 0.15) is 18.4 Å². The Balaban J connectivity index is 2.31. The normalized spacial score (nSPS) is 21.5. The summed E-state index contributed by atoms with van der Waals surface area (Å²) < 4.78 is 39.7. The van der Waals surface area contributed by atoms with Crippen LogP contribution in [0.3, 0.4) is 0 Å². The van der Waals surface area contributed by atoms with E-state index in [1.807, 2.05) is 0 Å². The van der Waals surface area contributed by atoms with Crippen LogP contribution < -0.4 is 0 Å². The number of halogens is 2. The van der Waals surface area contributed by atoms with Crippen molar-refractivity contribution in [3.63, 3.8) is 0 Å². The van der Waals surface area contributed by atoms with Gasteiger partial charge in [0.1, 0.15) is 5.82 Å². The maximum absolute atomic E-state index is 13.1. The van der Waals surface area contributed by atoms with Gasteiger partial charge < -0.3 is 0 Å². The van der Waals surface area contributed by atoms with Crippen LogP contribution in [0.25, 0.3) is 0 Å². The molecule has 3 nitrogen and oxygen atoms in total. The zero-order valence-corrected chi connectivity index (χ0v) is 13.2. The highest BCUT2D eigenvalue weighted by Gasteiger charge is 2.30. The van der Waals surface area contributed by atoms with E-state index >= 15 is 0 Å². The fourth-order valence-corrected chi connectivity index (χ4v) is 4.70. The topological polar surface area (TPSA) is 37.4 Å². The van der Waals surface area contributed by atoms with Gasteiger partial charge in [-0.1, -0.05) is 15.9 Å². The van der Waals surface area contributed by atoms with Gasteiger partial charge >= 0.3 is 0 Å². The van der Waals surface area contributed by atoms with Gasteiger partial charge in [-0.15, -0.1) is 0 Å². The number of hydrogen-bond donors (Lipinski definition) is 0. The minimum Gasteiger partial charge on any atom is -0.207 e. The minimum atomic E-state index is -3.51. The zero-order chi connectivity index (χ0) is 14.0. The summed E-state index contributed by atoms with van der Waals surface area (Å²) in [6.45, 7) is 2.70. The summed E-state index contributed by atoms with van der Waals surface area (Å²) in [5.74, 6) is -0.0577. The van der Waals surface area contributed by atoms with Crippen molar-refractivity contribution in [1.82, 2.24) is 4.31 Å². The van der Waals surface area contributed by atoms with Gasteiger partial charge in [0.15, 0.2) is 0 Å². The molecule has 19 heavy (non-hydrogen) atoms. The maximum atomic E-state index is 13.1. The van der Waals surface area contributed by atoms with Gasteiger partial charge in [0.25, 0.3) is 0 Å². The molecule has 1 heterocycles. The van der Waals surface area contributed by atoms with Gasteiger partial charge in [-0.3, -0.25) is 0 Å². The second kappa shape index (κ2) is 5.89. The van der Waals surface area contributed by atoms with E-state index in [4.69, 9.17) is 0 Å². The maximum Gasteiger partial charge on any atom is 0.243 e. The molecule has 0 aromatic heterocycles. The highest BCUT2D eigenvalue weighted by molar-refractivity contribution is 9.09. The molecule has 1 saturated heterocycles. The number of benzene rings is 1. The summed E-state index contributed by atoms with van der Waals surface area (Å²) in [4.78, 5) is 0.212. The third-order valence-corrected chi connectivity index (χ3v) is 6.40. The molecule has 1 aliphatic rings. The van der Waals surface area contributed by atoms with Crippen LogP contribution in [0.4, 0.5) is 4.39 Å². The quantitative estimate of drug-likeness (QED) is 0.786. The number of aryl methyl sites for hydroxylation is 1. The fraction of sp³-hybridized carbons (Fsp3) is 0.538. The number of rotatable bonds is 3. The SMILES string of the molecule is Cc1cc(F)ccc1S(=O)(=O)N1CCCC(CBr)C1. The largest absolute Gasteiger partial charge is 0.243 e. The first-order chi connectivity index (χ1) is 8.95. The number of sulfonamides is 1. The molecule has 1 aromatic rings.